The highest BCUT2D eigenvalue weighted by molar-refractivity contribution is 5.72. The lowest BCUT2D eigenvalue weighted by Crippen LogP contribution is -2.15. The molecular formula is C11H15NO6. The minimum Gasteiger partial charge on any atom is -0.508 e. The Morgan fingerprint density at radius 1 is 1.17 bits per heavy atom. The van der Waals surface area contributed by atoms with E-state index >= 15 is 0 Å². The molecule has 3 N–H and O–H groups in total. The van der Waals surface area contributed by atoms with Crippen molar-refractivity contribution in [2.45, 2.75) is 19.3 Å². The quantitative estimate of drug-likeness (QED) is 0.294. The lowest BCUT2D eigenvalue weighted by molar-refractivity contribution is -0.492. The molecule has 1 aromatic carbocycles. The number of unbranched alkanes of at least 4 members (excludes halogenated alkanes) is 1. The van der Waals surface area contributed by atoms with Gasteiger partial charge in [0.15, 0.2) is 0 Å². The van der Waals surface area contributed by atoms with E-state index in [1.807, 2.05) is 0 Å². The van der Waals surface area contributed by atoms with Gasteiger partial charge in [-0.2, -0.15) is 0 Å². The average molecular weight is 257 g/mol. The Hall–Kier alpha value is -1.67. The molecule has 0 unspecified atom stereocenters. The zero-order valence-electron chi connectivity index (χ0n) is 9.65. The van der Waals surface area contributed by atoms with Gasteiger partial charge in [0.1, 0.15) is 11.5 Å². The maximum Gasteiger partial charge on any atom is 0.311 e. The molecule has 0 aliphatic carbocycles. The predicted octanol–water partition coefficient (Wildman–Crippen LogP) is 1.48. The van der Waals surface area contributed by atoms with Crippen molar-refractivity contribution >= 4 is 5.97 Å². The summed E-state index contributed by atoms with van der Waals surface area (Å²) in [5.74, 6) is 0.0704. The summed E-state index contributed by atoms with van der Waals surface area (Å²) in [7, 11) is 0. The van der Waals surface area contributed by atoms with Crippen LogP contribution in [0, 0.1) is 0 Å². The van der Waals surface area contributed by atoms with Crippen molar-refractivity contribution in [2.24, 2.45) is 0 Å². The van der Waals surface area contributed by atoms with Crippen molar-refractivity contribution in [2.75, 3.05) is 6.61 Å². The molecule has 0 amide bonds. The minimum atomic E-state index is -0.398. The van der Waals surface area contributed by atoms with Crippen LogP contribution in [0.1, 0.15) is 19.3 Å². The van der Waals surface area contributed by atoms with E-state index in [9.17, 15) is 4.79 Å². The van der Waals surface area contributed by atoms with Gasteiger partial charge in [-0.15, -0.1) is 0 Å². The Kier molecular flexibility index (Phi) is 6.09. The molecule has 100 valence electrons. The Balaban J connectivity index is 2.16. The standard InChI is InChI=1S/C11H15NO6/c13-9-4-6-10(7-5-9)18-11(14)3-1-2-8-17-12(15)16/h4-7,13,15-16H,1-3,8H2. The van der Waals surface area contributed by atoms with Crippen LogP contribution in [-0.4, -0.2) is 33.5 Å². The maximum absolute atomic E-state index is 11.4. The first kappa shape index (κ1) is 14.4. The first-order valence-corrected chi connectivity index (χ1v) is 5.38. The van der Waals surface area contributed by atoms with Gasteiger partial charge < -0.3 is 9.84 Å². The highest BCUT2D eigenvalue weighted by atomic mass is 17.1. The molecule has 18 heavy (non-hydrogen) atoms. The van der Waals surface area contributed by atoms with Crippen LogP contribution in [0.3, 0.4) is 0 Å². The van der Waals surface area contributed by atoms with Crippen LogP contribution >= 0.6 is 0 Å². The number of phenols is 1. The minimum absolute atomic E-state index is 0.0967. The number of ether oxygens (including phenoxy) is 1. The fourth-order valence-corrected chi connectivity index (χ4v) is 1.21. The van der Waals surface area contributed by atoms with E-state index in [-0.39, 0.29) is 24.2 Å². The second-order valence-electron chi connectivity index (χ2n) is 3.51. The third kappa shape index (κ3) is 6.16. The van der Waals surface area contributed by atoms with Crippen molar-refractivity contribution in [1.29, 1.82) is 0 Å². The molecule has 0 heterocycles. The predicted molar refractivity (Wildman–Crippen MR) is 59.0 cm³/mol. The number of rotatable bonds is 7. The lowest BCUT2D eigenvalue weighted by atomic mass is 10.2. The molecule has 1 aromatic rings. The summed E-state index contributed by atoms with van der Waals surface area (Å²) >= 11 is 0. The van der Waals surface area contributed by atoms with Crippen LogP contribution in [0.4, 0.5) is 0 Å². The fraction of sp³-hybridized carbons (Fsp3) is 0.364. The van der Waals surface area contributed by atoms with Gasteiger partial charge in [0.05, 0.1) is 12.0 Å². The van der Waals surface area contributed by atoms with Gasteiger partial charge in [-0.3, -0.25) is 20.0 Å². The highest BCUT2D eigenvalue weighted by Crippen LogP contribution is 2.16. The van der Waals surface area contributed by atoms with Crippen molar-refractivity contribution in [1.82, 2.24) is 5.39 Å². The number of carbonyl (C=O) groups excluding carboxylic acids is 1. The van der Waals surface area contributed by atoms with Crippen LogP contribution in [0.5, 0.6) is 11.5 Å². The largest absolute Gasteiger partial charge is 0.508 e. The number of carbonyl (C=O) groups is 1. The molecular weight excluding hydrogens is 242 g/mol. The first-order chi connectivity index (χ1) is 8.58. The summed E-state index contributed by atoms with van der Waals surface area (Å²) < 4.78 is 5.00. The summed E-state index contributed by atoms with van der Waals surface area (Å²) in [4.78, 5) is 15.7. The number of aromatic hydroxyl groups is 1. The summed E-state index contributed by atoms with van der Waals surface area (Å²) in [6, 6.07) is 5.83. The second-order valence-corrected chi connectivity index (χ2v) is 3.51. The topological polar surface area (TPSA) is 99.5 Å². The van der Waals surface area contributed by atoms with E-state index in [0.29, 0.717) is 18.6 Å². The molecule has 0 atom stereocenters. The summed E-state index contributed by atoms with van der Waals surface area (Å²) in [5, 5.41) is 25.1. The third-order valence-electron chi connectivity index (χ3n) is 2.05. The van der Waals surface area contributed by atoms with Crippen molar-refractivity contribution < 1.29 is 29.9 Å². The maximum atomic E-state index is 11.4. The number of nitrogens with zero attached hydrogens (tertiary/aromatic N) is 1. The summed E-state index contributed by atoms with van der Waals surface area (Å²) in [5.41, 5.74) is 0. The first-order valence-electron chi connectivity index (χ1n) is 5.38. The van der Waals surface area contributed by atoms with Crippen LogP contribution in [0.15, 0.2) is 24.3 Å². The van der Waals surface area contributed by atoms with Gasteiger partial charge >= 0.3 is 5.97 Å². The van der Waals surface area contributed by atoms with Gasteiger partial charge in [-0.05, 0) is 37.1 Å². The van der Waals surface area contributed by atoms with Crippen LogP contribution in [0.2, 0.25) is 0 Å². The van der Waals surface area contributed by atoms with Crippen molar-refractivity contribution in [3.05, 3.63) is 24.3 Å². The molecule has 0 aliphatic rings. The lowest BCUT2D eigenvalue weighted by Gasteiger charge is -2.06. The molecule has 0 aliphatic heterocycles. The number of hydrogen-bond donors (Lipinski definition) is 3. The number of hydrogen-bond acceptors (Lipinski definition) is 7. The van der Waals surface area contributed by atoms with Crippen molar-refractivity contribution in [3.63, 3.8) is 0 Å². The second kappa shape index (κ2) is 7.62. The van der Waals surface area contributed by atoms with Crippen LogP contribution < -0.4 is 4.74 Å². The summed E-state index contributed by atoms with van der Waals surface area (Å²) in [6.45, 7) is 0.0967. The third-order valence-corrected chi connectivity index (χ3v) is 2.05. The highest BCUT2D eigenvalue weighted by Gasteiger charge is 2.05. The molecule has 0 saturated heterocycles. The van der Waals surface area contributed by atoms with E-state index in [1.165, 1.54) is 24.3 Å². The molecule has 0 fully saturated rings. The SMILES string of the molecule is O=C(CCCCON(O)O)Oc1ccc(O)cc1. The molecule has 0 bridgehead atoms. The monoisotopic (exact) mass is 257 g/mol. The van der Waals surface area contributed by atoms with Gasteiger partial charge in [-0.25, -0.2) is 0 Å². The number of esters is 1. The Bertz CT molecular complexity index is 364. The Labute approximate surface area is 104 Å². The van der Waals surface area contributed by atoms with E-state index in [0.717, 1.165) is 0 Å². The van der Waals surface area contributed by atoms with E-state index in [4.69, 9.17) is 20.3 Å². The average Bonchev–Trinajstić information content (AvgIpc) is 2.31. The van der Waals surface area contributed by atoms with Gasteiger partial charge in [0.2, 0.25) is 0 Å². The summed E-state index contributed by atoms with van der Waals surface area (Å²) in [6.07, 6.45) is 1.19. The van der Waals surface area contributed by atoms with Crippen LogP contribution in [-0.2, 0) is 9.63 Å². The normalized spacial score (nSPS) is 10.6. The molecule has 7 nitrogen and oxygen atoms in total. The fourth-order valence-electron chi connectivity index (χ4n) is 1.21. The van der Waals surface area contributed by atoms with Gasteiger partial charge in [0.25, 0.3) is 0 Å². The van der Waals surface area contributed by atoms with E-state index < -0.39 is 5.97 Å². The number of benzene rings is 1. The Morgan fingerprint density at radius 3 is 2.44 bits per heavy atom. The van der Waals surface area contributed by atoms with Gasteiger partial charge in [-0.1, -0.05) is 0 Å². The zero-order chi connectivity index (χ0) is 13.4. The molecule has 7 heteroatoms. The van der Waals surface area contributed by atoms with Crippen molar-refractivity contribution in [3.8, 4) is 11.5 Å². The molecule has 1 rings (SSSR count). The number of phenolic OH excluding ortho intramolecular Hbond substituents is 1. The molecule has 0 spiro atoms. The molecule has 0 radical (unpaired) electrons. The zero-order valence-corrected chi connectivity index (χ0v) is 9.65. The van der Waals surface area contributed by atoms with Gasteiger partial charge in [0, 0.05) is 6.42 Å². The van der Waals surface area contributed by atoms with E-state index in [2.05, 4.69) is 4.84 Å². The Morgan fingerprint density at radius 2 is 1.83 bits per heavy atom. The van der Waals surface area contributed by atoms with Crippen LogP contribution in [0.25, 0.3) is 0 Å². The smallest absolute Gasteiger partial charge is 0.311 e. The van der Waals surface area contributed by atoms with E-state index in [1.54, 1.807) is 0 Å². The molecule has 0 saturated carbocycles. The molecule has 0 aromatic heterocycles.